The molecule has 0 saturated carbocycles. The largest absolute Gasteiger partial charge is 0.488 e. The molecule has 2 rings (SSSR count). The fourth-order valence-electron chi connectivity index (χ4n) is 1.63. The lowest BCUT2D eigenvalue weighted by Gasteiger charge is -2.09. The Kier molecular flexibility index (Phi) is 4.53. The zero-order valence-electron chi connectivity index (χ0n) is 9.80. The maximum Gasteiger partial charge on any atom is 0.177 e. The first-order chi connectivity index (χ1) is 8.81. The second-order valence-electron chi connectivity index (χ2n) is 3.83. The molecule has 0 heterocycles. The Morgan fingerprint density at radius 2 is 1.67 bits per heavy atom. The number of alkyl halides is 1. The van der Waals surface area contributed by atoms with Crippen LogP contribution < -0.4 is 4.74 Å². The Morgan fingerprint density at radius 3 is 2.39 bits per heavy atom. The van der Waals surface area contributed by atoms with E-state index in [1.165, 1.54) is 0 Å². The van der Waals surface area contributed by atoms with Gasteiger partial charge in [0.25, 0.3) is 0 Å². The molecule has 2 aromatic carbocycles. The number of carbonyl (C=O) groups is 1. The third kappa shape index (κ3) is 3.20. The van der Waals surface area contributed by atoms with Crippen LogP contribution in [0.3, 0.4) is 0 Å². The van der Waals surface area contributed by atoms with E-state index in [-0.39, 0.29) is 5.78 Å². The molecule has 0 atom stereocenters. The summed E-state index contributed by atoms with van der Waals surface area (Å²) in [5, 5.41) is 0.304. The molecular weight excluding hydrogens is 292 g/mol. The van der Waals surface area contributed by atoms with E-state index < -0.39 is 0 Å². The number of ether oxygens (including phenoxy) is 1. The summed E-state index contributed by atoms with van der Waals surface area (Å²) in [6, 6.07) is 17.2. The van der Waals surface area contributed by atoms with Crippen molar-refractivity contribution in [3.05, 3.63) is 65.7 Å². The Morgan fingerprint density at radius 1 is 1.00 bits per heavy atom. The predicted octanol–water partition coefficient (Wildman–Crippen LogP) is 3.84. The summed E-state index contributed by atoms with van der Waals surface area (Å²) in [6.07, 6.45) is 0. The summed E-state index contributed by atoms with van der Waals surface area (Å²) in [7, 11) is 0. The number of Topliss-reactive ketones (excluding diaryl/α,β-unsaturated/α-hetero) is 1. The van der Waals surface area contributed by atoms with Crippen molar-refractivity contribution in [3.63, 3.8) is 0 Å². The van der Waals surface area contributed by atoms with Gasteiger partial charge in [-0.25, -0.2) is 0 Å². The summed E-state index contributed by atoms with van der Waals surface area (Å²) in [5.41, 5.74) is 1.70. The molecule has 0 fully saturated rings. The van der Waals surface area contributed by atoms with Crippen LogP contribution in [0.4, 0.5) is 0 Å². The molecule has 0 aliphatic heterocycles. The van der Waals surface area contributed by atoms with E-state index in [1.807, 2.05) is 48.5 Å². The molecule has 2 nitrogen and oxygen atoms in total. The van der Waals surface area contributed by atoms with Crippen molar-refractivity contribution in [1.82, 2.24) is 0 Å². The number of rotatable bonds is 5. The minimum absolute atomic E-state index is 0.0265. The van der Waals surface area contributed by atoms with Gasteiger partial charge < -0.3 is 4.74 Å². The van der Waals surface area contributed by atoms with E-state index in [1.54, 1.807) is 6.07 Å². The lowest BCUT2D eigenvalue weighted by atomic mass is 10.1. The number of hydrogen-bond acceptors (Lipinski definition) is 2. The van der Waals surface area contributed by atoms with Crippen molar-refractivity contribution in [2.45, 2.75) is 6.61 Å². The van der Waals surface area contributed by atoms with Crippen LogP contribution in [0.15, 0.2) is 54.6 Å². The van der Waals surface area contributed by atoms with Gasteiger partial charge in [0.1, 0.15) is 12.4 Å². The molecular formula is C15H13BrO2. The maximum absolute atomic E-state index is 11.7. The fourth-order valence-corrected chi connectivity index (χ4v) is 1.93. The zero-order chi connectivity index (χ0) is 12.8. The average Bonchev–Trinajstić information content (AvgIpc) is 2.45. The number of hydrogen-bond donors (Lipinski definition) is 0. The van der Waals surface area contributed by atoms with Gasteiger partial charge >= 0.3 is 0 Å². The molecule has 92 valence electrons. The topological polar surface area (TPSA) is 26.3 Å². The van der Waals surface area contributed by atoms with Gasteiger partial charge in [0.2, 0.25) is 0 Å². The summed E-state index contributed by atoms with van der Waals surface area (Å²) in [5.74, 6) is 0.657. The molecule has 3 heteroatoms. The average molecular weight is 305 g/mol. The minimum atomic E-state index is 0.0265. The second kappa shape index (κ2) is 6.36. The third-order valence-electron chi connectivity index (χ3n) is 2.55. The third-order valence-corrected chi connectivity index (χ3v) is 3.06. The quantitative estimate of drug-likeness (QED) is 0.619. The molecule has 0 bridgehead atoms. The molecule has 0 aliphatic carbocycles. The molecule has 0 unspecified atom stereocenters. The van der Waals surface area contributed by atoms with Gasteiger partial charge in [0, 0.05) is 0 Å². The van der Waals surface area contributed by atoms with E-state index in [0.717, 1.165) is 5.56 Å². The molecule has 0 aromatic heterocycles. The predicted molar refractivity (Wildman–Crippen MR) is 75.3 cm³/mol. The number of para-hydroxylation sites is 1. The van der Waals surface area contributed by atoms with Crippen molar-refractivity contribution < 1.29 is 9.53 Å². The number of benzene rings is 2. The summed E-state index contributed by atoms with van der Waals surface area (Å²) in [6.45, 7) is 0.466. The van der Waals surface area contributed by atoms with Crippen molar-refractivity contribution in [2.75, 3.05) is 5.33 Å². The Hall–Kier alpha value is -1.61. The van der Waals surface area contributed by atoms with Crippen LogP contribution in [-0.2, 0) is 6.61 Å². The minimum Gasteiger partial charge on any atom is -0.488 e. The first kappa shape index (κ1) is 12.8. The van der Waals surface area contributed by atoms with E-state index in [4.69, 9.17) is 4.74 Å². The Bertz CT molecular complexity index is 523. The summed E-state index contributed by atoms with van der Waals surface area (Å²) in [4.78, 5) is 11.7. The fraction of sp³-hybridized carbons (Fsp3) is 0.133. The van der Waals surface area contributed by atoms with Crippen molar-refractivity contribution in [1.29, 1.82) is 0 Å². The zero-order valence-corrected chi connectivity index (χ0v) is 11.4. The number of ketones is 1. The standard InChI is InChI=1S/C15H13BrO2/c16-10-14(17)13-8-4-5-9-15(13)18-11-12-6-2-1-3-7-12/h1-9H,10-11H2. The molecule has 0 amide bonds. The van der Waals surface area contributed by atoms with Gasteiger partial charge in [-0.15, -0.1) is 0 Å². The van der Waals surface area contributed by atoms with Gasteiger partial charge in [-0.3, -0.25) is 4.79 Å². The molecule has 0 N–H and O–H groups in total. The molecule has 0 radical (unpaired) electrons. The van der Waals surface area contributed by atoms with Crippen molar-refractivity contribution in [2.24, 2.45) is 0 Å². The maximum atomic E-state index is 11.7. The molecule has 0 aliphatic rings. The van der Waals surface area contributed by atoms with E-state index >= 15 is 0 Å². The molecule has 18 heavy (non-hydrogen) atoms. The molecule has 2 aromatic rings. The summed E-state index contributed by atoms with van der Waals surface area (Å²) >= 11 is 3.18. The monoisotopic (exact) mass is 304 g/mol. The molecule has 0 saturated heterocycles. The lowest BCUT2D eigenvalue weighted by Crippen LogP contribution is -2.04. The highest BCUT2D eigenvalue weighted by Gasteiger charge is 2.10. The smallest absolute Gasteiger partial charge is 0.177 e. The highest BCUT2D eigenvalue weighted by molar-refractivity contribution is 9.09. The van der Waals surface area contributed by atoms with Crippen molar-refractivity contribution in [3.8, 4) is 5.75 Å². The van der Waals surface area contributed by atoms with Crippen LogP contribution in [0.1, 0.15) is 15.9 Å². The van der Waals surface area contributed by atoms with Crippen LogP contribution >= 0.6 is 15.9 Å². The highest BCUT2D eigenvalue weighted by Crippen LogP contribution is 2.20. The highest BCUT2D eigenvalue weighted by atomic mass is 79.9. The molecule has 0 spiro atoms. The van der Waals surface area contributed by atoms with Crippen LogP contribution in [0.2, 0.25) is 0 Å². The van der Waals surface area contributed by atoms with Gasteiger partial charge in [0.05, 0.1) is 10.9 Å². The normalized spacial score (nSPS) is 10.1. The lowest BCUT2D eigenvalue weighted by molar-refractivity contribution is 0.101. The van der Waals surface area contributed by atoms with E-state index in [9.17, 15) is 4.79 Å². The van der Waals surface area contributed by atoms with Crippen molar-refractivity contribution >= 4 is 21.7 Å². The number of halogens is 1. The second-order valence-corrected chi connectivity index (χ2v) is 4.39. The Balaban J connectivity index is 2.12. The van der Waals surface area contributed by atoms with Crippen LogP contribution in [-0.4, -0.2) is 11.1 Å². The van der Waals surface area contributed by atoms with E-state index in [2.05, 4.69) is 15.9 Å². The first-order valence-corrected chi connectivity index (χ1v) is 6.78. The van der Waals surface area contributed by atoms with Crippen LogP contribution in [0.5, 0.6) is 5.75 Å². The number of carbonyl (C=O) groups excluding carboxylic acids is 1. The van der Waals surface area contributed by atoms with Gasteiger partial charge in [-0.1, -0.05) is 58.4 Å². The van der Waals surface area contributed by atoms with E-state index in [0.29, 0.717) is 23.2 Å². The van der Waals surface area contributed by atoms with Gasteiger partial charge in [-0.05, 0) is 17.7 Å². The van der Waals surface area contributed by atoms with Gasteiger partial charge in [0.15, 0.2) is 5.78 Å². The van der Waals surface area contributed by atoms with Crippen LogP contribution in [0.25, 0.3) is 0 Å². The summed E-state index contributed by atoms with van der Waals surface area (Å²) < 4.78 is 5.70. The van der Waals surface area contributed by atoms with Gasteiger partial charge in [-0.2, -0.15) is 0 Å². The SMILES string of the molecule is O=C(CBr)c1ccccc1OCc1ccccc1. The van der Waals surface area contributed by atoms with Crippen LogP contribution in [0, 0.1) is 0 Å². The first-order valence-electron chi connectivity index (χ1n) is 5.66. The Labute approximate surface area is 115 Å².